The molecule has 3 aromatic rings. The van der Waals surface area contributed by atoms with Crippen molar-refractivity contribution < 1.29 is 23.1 Å². The van der Waals surface area contributed by atoms with Crippen LogP contribution in [0.4, 0.5) is 5.69 Å². The summed E-state index contributed by atoms with van der Waals surface area (Å²) >= 11 is 12.4. The molecule has 1 fully saturated rings. The number of rotatable bonds is 5. The summed E-state index contributed by atoms with van der Waals surface area (Å²) in [6, 6.07) is 10.9. The van der Waals surface area contributed by atoms with Gasteiger partial charge in [-0.15, -0.1) is 0 Å². The molecule has 0 aliphatic carbocycles. The second-order valence-electron chi connectivity index (χ2n) is 9.48. The fourth-order valence-electron chi connectivity index (χ4n) is 4.73. The molecule has 38 heavy (non-hydrogen) atoms. The van der Waals surface area contributed by atoms with Gasteiger partial charge in [-0.25, -0.2) is 8.42 Å². The largest absolute Gasteiger partial charge is 0.393 e. The van der Waals surface area contributed by atoms with Gasteiger partial charge in [0.2, 0.25) is 0 Å². The fraction of sp³-hybridized carbons (Fsp3) is 0.259. The number of hydrogen-bond donors (Lipinski definition) is 3. The van der Waals surface area contributed by atoms with Crippen molar-refractivity contribution in [1.29, 1.82) is 0 Å². The highest BCUT2D eigenvalue weighted by Crippen LogP contribution is 2.37. The van der Waals surface area contributed by atoms with E-state index in [0.717, 1.165) is 5.69 Å². The lowest BCUT2D eigenvalue weighted by Gasteiger charge is -2.29. The second kappa shape index (κ2) is 10.2. The van der Waals surface area contributed by atoms with Gasteiger partial charge >= 0.3 is 0 Å². The number of fused-ring (bicyclic) bond motifs is 1. The van der Waals surface area contributed by atoms with Gasteiger partial charge in [0, 0.05) is 45.6 Å². The van der Waals surface area contributed by atoms with Gasteiger partial charge in [-0.3, -0.25) is 9.59 Å². The summed E-state index contributed by atoms with van der Waals surface area (Å²) in [5, 5.41) is 13.0. The first-order valence-electron chi connectivity index (χ1n) is 12.0. The number of aryl methyl sites for hydroxylation is 1. The first-order valence-corrected chi connectivity index (χ1v) is 14.4. The molecule has 2 aliphatic heterocycles. The van der Waals surface area contributed by atoms with E-state index in [1.54, 1.807) is 41.3 Å². The van der Waals surface area contributed by atoms with Crippen LogP contribution in [0.1, 0.15) is 45.7 Å². The quantitative estimate of drug-likeness (QED) is 0.382. The highest BCUT2D eigenvalue weighted by Gasteiger charge is 2.30. The number of aromatic amines is 1. The molecule has 1 aromatic heterocycles. The first-order chi connectivity index (χ1) is 18.0. The van der Waals surface area contributed by atoms with Crippen LogP contribution in [0.2, 0.25) is 10.0 Å². The Labute approximate surface area is 230 Å². The number of amides is 2. The number of sulfone groups is 1. The van der Waals surface area contributed by atoms with E-state index >= 15 is 0 Å². The molecule has 3 heterocycles. The van der Waals surface area contributed by atoms with Crippen LogP contribution in [-0.4, -0.2) is 54.4 Å². The molecule has 2 amide bonds. The van der Waals surface area contributed by atoms with Gasteiger partial charge in [-0.2, -0.15) is 0 Å². The number of aliphatic hydroxyl groups is 1. The Hall–Kier alpha value is -3.11. The summed E-state index contributed by atoms with van der Waals surface area (Å²) in [5.74, 6) is -1.00. The first kappa shape index (κ1) is 26.5. The second-order valence-corrected chi connectivity index (χ2v) is 12.3. The van der Waals surface area contributed by atoms with Crippen molar-refractivity contribution >= 4 is 62.2 Å². The lowest BCUT2D eigenvalue weighted by Crippen LogP contribution is -2.40. The molecular weight excluding hydrogens is 549 g/mol. The number of nitrogens with zero attached hydrogens (tertiary/aromatic N) is 1. The predicted molar refractivity (Wildman–Crippen MR) is 147 cm³/mol. The van der Waals surface area contributed by atoms with Gasteiger partial charge in [0.1, 0.15) is 0 Å². The average molecular weight is 574 g/mol. The zero-order valence-corrected chi connectivity index (χ0v) is 22.8. The molecule has 0 spiro atoms. The Morgan fingerprint density at radius 1 is 1.13 bits per heavy atom. The van der Waals surface area contributed by atoms with E-state index in [4.69, 9.17) is 23.2 Å². The summed E-state index contributed by atoms with van der Waals surface area (Å²) in [6.07, 6.45) is 2.18. The Kier molecular flexibility index (Phi) is 7.13. The smallest absolute Gasteiger partial charge is 0.256 e. The van der Waals surface area contributed by atoms with Crippen LogP contribution >= 0.6 is 23.2 Å². The number of piperidine rings is 1. The van der Waals surface area contributed by atoms with Crippen molar-refractivity contribution in [1.82, 2.24) is 9.88 Å². The summed E-state index contributed by atoms with van der Waals surface area (Å²) in [5.41, 5.74) is 3.01. The van der Waals surface area contributed by atoms with Gasteiger partial charge in [0.25, 0.3) is 11.8 Å². The van der Waals surface area contributed by atoms with E-state index in [0.29, 0.717) is 54.0 Å². The number of H-pyrrole nitrogens is 1. The van der Waals surface area contributed by atoms with E-state index < -0.39 is 27.6 Å². The lowest BCUT2D eigenvalue weighted by atomic mass is 10.0. The normalized spacial score (nSPS) is 17.1. The molecule has 2 aliphatic rings. The number of aromatic nitrogens is 1. The van der Waals surface area contributed by atoms with Crippen molar-refractivity contribution in [3.05, 3.63) is 80.6 Å². The number of benzene rings is 2. The summed E-state index contributed by atoms with van der Waals surface area (Å²) in [6.45, 7) is 2.70. The number of aliphatic hydroxyl groups excluding tert-OH is 1. The van der Waals surface area contributed by atoms with Crippen LogP contribution in [0.5, 0.6) is 0 Å². The number of nitrogens with one attached hydrogen (secondary N) is 2. The number of anilines is 1. The predicted octanol–water partition coefficient (Wildman–Crippen LogP) is 4.69. The Balaban J connectivity index is 1.50. The van der Waals surface area contributed by atoms with Crippen molar-refractivity contribution in [2.24, 2.45) is 0 Å². The van der Waals surface area contributed by atoms with Crippen LogP contribution in [0, 0.1) is 6.92 Å². The third kappa shape index (κ3) is 5.11. The molecule has 1 saturated heterocycles. The Bertz CT molecular complexity index is 1570. The topological polar surface area (TPSA) is 120 Å². The summed E-state index contributed by atoms with van der Waals surface area (Å²) in [7, 11) is -3.85. The summed E-state index contributed by atoms with van der Waals surface area (Å²) in [4.78, 5) is 31.0. The molecule has 0 atom stereocenters. The molecule has 0 saturated carbocycles. The van der Waals surface area contributed by atoms with Crippen molar-refractivity contribution in [3.63, 3.8) is 0 Å². The standard InChI is InChI=1S/C27H25Cl2N3O5S/c1-15-11-20(27(35)32-9-7-16(33)8-10-32)25(30-15)13-19-18-12-17(5-6-24(18)31-26(19)34)38(36,37)14-21-22(28)3-2-4-23(21)29/h2-6,11-13,16,30,33H,7-10,14H2,1H3,(H,31,34). The van der Waals surface area contributed by atoms with Crippen molar-refractivity contribution in [3.8, 4) is 0 Å². The van der Waals surface area contributed by atoms with Gasteiger partial charge in [-0.05, 0) is 62.2 Å². The minimum Gasteiger partial charge on any atom is -0.393 e. The molecule has 5 rings (SSSR count). The summed E-state index contributed by atoms with van der Waals surface area (Å²) < 4.78 is 26.6. The van der Waals surface area contributed by atoms with E-state index in [2.05, 4.69) is 10.3 Å². The fourth-order valence-corrected chi connectivity index (χ4v) is 6.85. The number of hydrogen-bond acceptors (Lipinski definition) is 5. The molecule has 0 bridgehead atoms. The number of halogens is 2. The van der Waals surface area contributed by atoms with Crippen molar-refractivity contribution in [2.45, 2.75) is 36.5 Å². The van der Waals surface area contributed by atoms with Gasteiger partial charge < -0.3 is 20.3 Å². The van der Waals surface area contributed by atoms with Gasteiger partial charge in [0.15, 0.2) is 9.84 Å². The molecule has 8 nitrogen and oxygen atoms in total. The molecule has 198 valence electrons. The van der Waals surface area contributed by atoms with Crippen LogP contribution in [0.15, 0.2) is 47.4 Å². The number of carbonyl (C=O) groups is 2. The molecule has 0 radical (unpaired) electrons. The molecule has 3 N–H and O–H groups in total. The third-order valence-electron chi connectivity index (χ3n) is 6.78. The minimum atomic E-state index is -3.85. The van der Waals surface area contributed by atoms with Crippen LogP contribution in [0.25, 0.3) is 11.6 Å². The van der Waals surface area contributed by atoms with Crippen molar-refractivity contribution in [2.75, 3.05) is 18.4 Å². The van der Waals surface area contributed by atoms with E-state index in [1.165, 1.54) is 12.1 Å². The van der Waals surface area contributed by atoms with Gasteiger partial charge in [0.05, 0.1) is 33.6 Å². The van der Waals surface area contributed by atoms with Crippen LogP contribution in [-0.2, 0) is 20.4 Å². The molecule has 0 unspecified atom stereocenters. The van der Waals surface area contributed by atoms with Crippen LogP contribution in [0.3, 0.4) is 0 Å². The Morgan fingerprint density at radius 2 is 1.82 bits per heavy atom. The van der Waals surface area contributed by atoms with E-state index in [1.807, 2.05) is 6.92 Å². The number of likely N-dealkylation sites (tertiary alicyclic amines) is 1. The zero-order valence-electron chi connectivity index (χ0n) is 20.4. The van der Waals surface area contributed by atoms with Crippen LogP contribution < -0.4 is 5.32 Å². The molecule has 11 heteroatoms. The maximum Gasteiger partial charge on any atom is 0.256 e. The highest BCUT2D eigenvalue weighted by molar-refractivity contribution is 7.90. The maximum atomic E-state index is 13.3. The lowest BCUT2D eigenvalue weighted by molar-refractivity contribution is -0.110. The molecular formula is C27H25Cl2N3O5S. The van der Waals surface area contributed by atoms with Gasteiger partial charge in [-0.1, -0.05) is 29.3 Å². The van der Waals surface area contributed by atoms with E-state index in [-0.39, 0.29) is 26.4 Å². The molecule has 2 aromatic carbocycles. The number of carbonyl (C=O) groups excluding carboxylic acids is 2. The van der Waals surface area contributed by atoms with E-state index in [9.17, 15) is 23.1 Å². The average Bonchev–Trinajstić information content (AvgIpc) is 3.40. The highest BCUT2D eigenvalue weighted by atomic mass is 35.5. The zero-order chi connectivity index (χ0) is 27.2. The maximum absolute atomic E-state index is 13.3. The SMILES string of the molecule is Cc1cc(C(=O)N2CCC(O)CC2)c(C=C2C(=O)Nc3ccc(S(=O)(=O)Cc4c(Cl)cccc4Cl)cc32)[nH]1. The minimum absolute atomic E-state index is 0.0143. The monoisotopic (exact) mass is 573 g/mol. The third-order valence-corrected chi connectivity index (χ3v) is 9.13. The Morgan fingerprint density at radius 3 is 2.50 bits per heavy atom.